The van der Waals surface area contributed by atoms with Crippen LogP contribution in [0.15, 0.2) is 152 Å². The van der Waals surface area contributed by atoms with Crippen LogP contribution in [-0.4, -0.2) is 9.52 Å². The normalized spacial score (nSPS) is 11.9. The second kappa shape index (κ2) is 20.0. The van der Waals surface area contributed by atoms with E-state index in [1.807, 2.05) is 6.07 Å². The van der Waals surface area contributed by atoms with Gasteiger partial charge < -0.3 is 0 Å². The van der Waals surface area contributed by atoms with Gasteiger partial charge in [-0.3, -0.25) is 0 Å². The Kier molecular flexibility index (Phi) is 15.1. The van der Waals surface area contributed by atoms with Crippen molar-refractivity contribution in [1.82, 2.24) is 0 Å². The van der Waals surface area contributed by atoms with Crippen LogP contribution in [0, 0.1) is 6.07 Å². The molecule has 1 heterocycles. The third kappa shape index (κ3) is 10.4. The summed E-state index contributed by atoms with van der Waals surface area (Å²) in [4.78, 5) is 0. The Hall–Kier alpha value is -4.37. The molecule has 0 aliphatic carbocycles. The molecule has 1 aliphatic heterocycles. The smallest absolute Gasteiger partial charge is 0.0920 e. The summed E-state index contributed by atoms with van der Waals surface area (Å²) < 4.78 is 0. The van der Waals surface area contributed by atoms with Gasteiger partial charge in [0.25, 0.3) is 0 Å². The quantitative estimate of drug-likeness (QED) is 0.105. The van der Waals surface area contributed by atoms with Crippen LogP contribution < -0.4 is 10.4 Å². The van der Waals surface area contributed by atoms with Gasteiger partial charge in [-0.25, -0.2) is 0 Å². The Balaban J connectivity index is 0.000000155. The van der Waals surface area contributed by atoms with Crippen molar-refractivity contribution in [3.05, 3.63) is 180 Å². The van der Waals surface area contributed by atoms with Gasteiger partial charge in [0, 0.05) is 25.8 Å². The summed E-state index contributed by atoms with van der Waals surface area (Å²) in [6, 6.07) is 58.9. The van der Waals surface area contributed by atoms with E-state index < -0.39 is 0 Å². The molecule has 0 spiro atoms. The van der Waals surface area contributed by atoms with Crippen molar-refractivity contribution in [3.63, 3.8) is 0 Å². The van der Waals surface area contributed by atoms with Crippen LogP contribution in [0.5, 0.6) is 0 Å². The number of unbranched alkanes of at least 4 members (excludes halogenated alkanes) is 2. The van der Waals surface area contributed by atoms with Gasteiger partial charge in [-0.2, -0.15) is 41.6 Å². The third-order valence-corrected chi connectivity index (χ3v) is 13.1. The van der Waals surface area contributed by atoms with Crippen molar-refractivity contribution in [2.75, 3.05) is 0 Å². The van der Waals surface area contributed by atoms with E-state index >= 15 is 0 Å². The molecule has 2 heteroatoms. The van der Waals surface area contributed by atoms with Crippen LogP contribution in [-0.2, 0) is 49.5 Å². The van der Waals surface area contributed by atoms with Crippen LogP contribution in [0.2, 0.25) is 0 Å². The fourth-order valence-corrected chi connectivity index (χ4v) is 9.58. The molecule has 60 heavy (non-hydrogen) atoms. The molecule has 304 valence electrons. The maximum atomic E-state index is 3.31. The molecule has 0 atom stereocenters. The fourth-order valence-electron chi connectivity index (χ4n) is 8.27. The number of rotatable bonds is 8. The summed E-state index contributed by atoms with van der Waals surface area (Å²) in [6.07, 6.45) is 7.31. The zero-order valence-electron chi connectivity index (χ0n) is 37.2. The molecule has 8 aromatic carbocycles. The number of aryl methyl sites for hydroxylation is 2. The Labute approximate surface area is 382 Å². The zero-order chi connectivity index (χ0) is 41.6. The molecule has 0 amide bonds. The molecule has 0 bridgehead atoms. The van der Waals surface area contributed by atoms with Crippen molar-refractivity contribution < 1.29 is 25.8 Å². The van der Waals surface area contributed by atoms with E-state index in [-0.39, 0.29) is 36.7 Å². The first-order chi connectivity index (χ1) is 28.5. The molecule has 0 nitrogen and oxygen atoms in total. The number of hydrogen-bond donors (Lipinski definition) is 0. The Morgan fingerprint density at radius 2 is 0.917 bits per heavy atom. The van der Waals surface area contributed by atoms with Crippen LogP contribution in [0.3, 0.4) is 0 Å². The van der Waals surface area contributed by atoms with Gasteiger partial charge in [0.15, 0.2) is 0 Å². The molecule has 1 aliphatic rings. The summed E-state index contributed by atoms with van der Waals surface area (Å²) in [6.45, 7) is 18.2. The number of hydrogen-bond acceptors (Lipinski definition) is 0. The van der Waals surface area contributed by atoms with Crippen molar-refractivity contribution in [1.29, 1.82) is 0 Å². The fraction of sp³-hybridized carbons (Fsp3) is 0.276. The zero-order valence-corrected chi connectivity index (χ0v) is 41.8. The van der Waals surface area contributed by atoms with Gasteiger partial charge in [0.05, 0.1) is 9.52 Å². The largest absolute Gasteiger partial charge is 0.184 e. The summed E-state index contributed by atoms with van der Waals surface area (Å²) in [7, 11) is 0.795. The standard InChI is InChI=1S/2C23H27.C12H7Si.Hf/c2*1-5-6-10-17-11-7-8-13-20(17)21-14-9-12-18-15-19(16-22(18)21)23(2,3)4;1-3-7-11-9(5-1)10-6-2-4-8-12(10)13-11;/h2*7-9,11-16H,5-6,10H2,1-4H3;1-7H;/q3*-1;. The SMILES string of the molecule is CCCCc1ccccc1-c1cccc2[cH-]c(C(C)(C)C)cc12.CCCCc1ccccc1-c1cccc2[cH-]c(C(C)(C)C)cc12.[Hf].[c-]1cccc2c1[Si]c1ccccc1-2. The Bertz CT molecular complexity index is 2450. The first-order valence-corrected chi connectivity index (χ1v) is 22.9. The monoisotopic (exact) mass is 965 g/mol. The first kappa shape index (κ1) is 45.2. The van der Waals surface area contributed by atoms with Crippen molar-refractivity contribution in [2.45, 2.75) is 105 Å². The van der Waals surface area contributed by atoms with Crippen molar-refractivity contribution in [2.24, 2.45) is 0 Å². The summed E-state index contributed by atoms with van der Waals surface area (Å²) in [5, 5.41) is 8.32. The maximum Gasteiger partial charge on any atom is 0.0920 e. The molecule has 0 saturated heterocycles. The average Bonchev–Trinajstić information content (AvgIpc) is 3.99. The second-order valence-corrected chi connectivity index (χ2v) is 19.5. The van der Waals surface area contributed by atoms with Gasteiger partial charge in [0.2, 0.25) is 0 Å². The van der Waals surface area contributed by atoms with Gasteiger partial charge in [-0.1, -0.05) is 175 Å². The summed E-state index contributed by atoms with van der Waals surface area (Å²) >= 11 is 0. The third-order valence-electron chi connectivity index (χ3n) is 11.8. The van der Waals surface area contributed by atoms with Crippen LogP contribution in [0.4, 0.5) is 0 Å². The van der Waals surface area contributed by atoms with Crippen LogP contribution in [0.1, 0.15) is 103 Å². The van der Waals surface area contributed by atoms with Crippen LogP contribution >= 0.6 is 0 Å². The maximum absolute atomic E-state index is 3.31. The summed E-state index contributed by atoms with van der Waals surface area (Å²) in [5.41, 5.74) is 14.5. The van der Waals surface area contributed by atoms with Crippen LogP contribution in [0.25, 0.3) is 54.9 Å². The van der Waals surface area contributed by atoms with Gasteiger partial charge in [0.1, 0.15) is 0 Å². The van der Waals surface area contributed by atoms with E-state index in [9.17, 15) is 0 Å². The molecule has 0 N–H and O–H groups in total. The topological polar surface area (TPSA) is 0 Å². The molecular weight excluding hydrogens is 903 g/mol. The molecule has 9 rings (SSSR count). The average molecular weight is 965 g/mol. The first-order valence-electron chi connectivity index (χ1n) is 21.9. The van der Waals surface area contributed by atoms with E-state index in [4.69, 9.17) is 0 Å². The minimum Gasteiger partial charge on any atom is -0.184 e. The predicted molar refractivity (Wildman–Crippen MR) is 260 cm³/mol. The molecular formula is C58H61HfSi-3. The molecule has 2 radical (unpaired) electrons. The van der Waals surface area contributed by atoms with E-state index in [0.29, 0.717) is 0 Å². The molecule has 0 aromatic heterocycles. The van der Waals surface area contributed by atoms with Crippen molar-refractivity contribution >= 4 is 41.4 Å². The molecule has 0 unspecified atom stereocenters. The molecule has 8 aromatic rings. The molecule has 0 fully saturated rings. The van der Waals surface area contributed by atoms with Gasteiger partial charge in [-0.15, -0.1) is 74.6 Å². The predicted octanol–water partition coefficient (Wildman–Crippen LogP) is 14.9. The van der Waals surface area contributed by atoms with E-state index in [1.54, 1.807) is 0 Å². The van der Waals surface area contributed by atoms with Gasteiger partial charge in [-0.05, 0) is 58.8 Å². The Morgan fingerprint density at radius 3 is 1.40 bits per heavy atom. The van der Waals surface area contributed by atoms with E-state index in [2.05, 4.69) is 207 Å². The van der Waals surface area contributed by atoms with E-state index in [1.165, 1.54) is 113 Å². The van der Waals surface area contributed by atoms with E-state index in [0.717, 1.165) is 22.4 Å². The molecule has 0 saturated carbocycles. The number of benzene rings is 6. The minimum absolute atomic E-state index is 0. The number of fused-ring (bicyclic) bond motifs is 5. The summed E-state index contributed by atoms with van der Waals surface area (Å²) in [5.74, 6) is 0. The Morgan fingerprint density at radius 1 is 0.483 bits per heavy atom. The minimum atomic E-state index is 0. The van der Waals surface area contributed by atoms with Crippen molar-refractivity contribution in [3.8, 4) is 33.4 Å². The second-order valence-electron chi connectivity index (χ2n) is 18.3. The van der Waals surface area contributed by atoms with Gasteiger partial charge >= 0.3 is 0 Å².